The molecule has 4 nitrogen and oxygen atoms in total. The zero-order valence-electron chi connectivity index (χ0n) is 11.9. The molecule has 19 heavy (non-hydrogen) atoms. The lowest BCUT2D eigenvalue weighted by Crippen LogP contribution is -2.27. The van der Waals surface area contributed by atoms with Crippen molar-refractivity contribution in [2.24, 2.45) is 0 Å². The smallest absolute Gasteiger partial charge is 0.242 e. The van der Waals surface area contributed by atoms with Crippen LogP contribution in [0.5, 0.6) is 0 Å². The quantitative estimate of drug-likeness (QED) is 0.813. The first-order chi connectivity index (χ1) is 8.78. The largest absolute Gasteiger partial charge is 0.304 e. The van der Waals surface area contributed by atoms with E-state index in [4.69, 9.17) is 0 Å². The van der Waals surface area contributed by atoms with Gasteiger partial charge in [-0.25, -0.2) is 12.7 Å². The van der Waals surface area contributed by atoms with Gasteiger partial charge in [-0.3, -0.25) is 0 Å². The molecule has 5 heteroatoms. The van der Waals surface area contributed by atoms with Crippen LogP contribution in [0.25, 0.3) is 0 Å². The number of hydrogen-bond acceptors (Lipinski definition) is 3. The average Bonchev–Trinajstić information content (AvgIpc) is 2.38. The van der Waals surface area contributed by atoms with E-state index in [1.165, 1.54) is 18.4 Å². The minimum Gasteiger partial charge on any atom is -0.304 e. The van der Waals surface area contributed by atoms with Crippen molar-refractivity contribution in [2.75, 3.05) is 14.1 Å². The monoisotopic (exact) mass is 282 g/mol. The van der Waals surface area contributed by atoms with Crippen LogP contribution in [-0.4, -0.2) is 32.9 Å². The normalized spacial score (nSPS) is 15.2. The van der Waals surface area contributed by atoms with Crippen LogP contribution in [0.3, 0.4) is 0 Å². The van der Waals surface area contributed by atoms with Gasteiger partial charge >= 0.3 is 0 Å². The maximum atomic E-state index is 11.9. The fourth-order valence-electron chi connectivity index (χ4n) is 1.70. The van der Waals surface area contributed by atoms with E-state index in [2.05, 4.69) is 11.9 Å². The number of rotatable bonds is 6. The zero-order valence-corrected chi connectivity index (χ0v) is 12.7. The minimum absolute atomic E-state index is 0.143. The second-order valence-corrected chi connectivity index (χ2v) is 6.92. The minimum atomic E-state index is -3.35. The molecule has 2 atom stereocenters. The molecule has 0 saturated carbocycles. The van der Waals surface area contributed by atoms with E-state index in [9.17, 15) is 8.42 Å². The van der Waals surface area contributed by atoms with Crippen molar-refractivity contribution < 1.29 is 8.42 Å². The molecule has 0 radical (unpaired) electrons. The predicted octanol–water partition coefficient (Wildman–Crippen LogP) is 2.16. The average molecular weight is 282 g/mol. The van der Waals surface area contributed by atoms with Crippen LogP contribution >= 0.6 is 0 Å². The van der Waals surface area contributed by atoms with E-state index >= 15 is 0 Å². The summed E-state index contributed by atoms with van der Waals surface area (Å²) in [4.78, 5) is 0.310. The highest BCUT2D eigenvalue weighted by Crippen LogP contribution is 2.18. The highest BCUT2D eigenvalue weighted by Gasteiger charge is 2.17. The van der Waals surface area contributed by atoms with Crippen LogP contribution in [0.2, 0.25) is 0 Å². The lowest BCUT2D eigenvalue weighted by molar-refractivity contribution is 0.520. The van der Waals surface area contributed by atoms with Gasteiger partial charge < -0.3 is 5.32 Å². The summed E-state index contributed by atoms with van der Waals surface area (Å²) < 4.78 is 25.1. The van der Waals surface area contributed by atoms with Crippen molar-refractivity contribution in [1.82, 2.24) is 9.62 Å². The Kier molecular flexibility index (Phi) is 5.29. The lowest BCUT2D eigenvalue weighted by Gasteiger charge is -2.18. The number of benzene rings is 1. The Hall–Kier alpha value is -1.17. The molecular formula is C14H22N2O2S. The fraction of sp³-hybridized carbons (Fsp3) is 0.429. The molecule has 0 amide bonds. The Bertz CT molecular complexity index is 521. The molecule has 0 heterocycles. The van der Waals surface area contributed by atoms with Gasteiger partial charge in [0.2, 0.25) is 10.0 Å². The van der Waals surface area contributed by atoms with Crippen LogP contribution in [0.1, 0.15) is 25.5 Å². The second kappa shape index (κ2) is 6.32. The Balaban J connectivity index is 2.91. The first-order valence-corrected chi connectivity index (χ1v) is 7.64. The van der Waals surface area contributed by atoms with Crippen molar-refractivity contribution in [3.63, 3.8) is 0 Å². The summed E-state index contributed by atoms with van der Waals surface area (Å²) in [6, 6.07) is 7.31. The van der Waals surface area contributed by atoms with Gasteiger partial charge in [-0.05, 0) is 31.5 Å². The van der Waals surface area contributed by atoms with Gasteiger partial charge in [0.05, 0.1) is 4.90 Å². The van der Waals surface area contributed by atoms with Crippen LogP contribution < -0.4 is 5.32 Å². The molecule has 0 aliphatic carbocycles. The molecule has 1 rings (SSSR count). The number of nitrogens with zero attached hydrogens (tertiary/aromatic N) is 1. The third kappa shape index (κ3) is 3.89. The van der Waals surface area contributed by atoms with Crippen LogP contribution in [0, 0.1) is 0 Å². The SMILES string of the molecule is C=CC(C)NC(C)c1ccc(S(=O)(=O)N(C)C)cc1. The Morgan fingerprint density at radius 2 is 1.74 bits per heavy atom. The molecule has 0 aromatic heterocycles. The highest BCUT2D eigenvalue weighted by molar-refractivity contribution is 7.89. The molecule has 0 bridgehead atoms. The summed E-state index contributed by atoms with van der Waals surface area (Å²) in [6.45, 7) is 7.79. The van der Waals surface area contributed by atoms with E-state index in [1.54, 1.807) is 12.1 Å². The standard InChI is InChI=1S/C14H22N2O2S/c1-6-11(2)15-12(3)13-7-9-14(10-8-13)19(17,18)16(4)5/h6-12,15H,1H2,2-5H3. The molecule has 0 spiro atoms. The van der Waals surface area contributed by atoms with Crippen molar-refractivity contribution in [3.8, 4) is 0 Å². The van der Waals surface area contributed by atoms with Crippen LogP contribution in [-0.2, 0) is 10.0 Å². The Morgan fingerprint density at radius 3 is 2.16 bits per heavy atom. The van der Waals surface area contributed by atoms with E-state index < -0.39 is 10.0 Å². The van der Waals surface area contributed by atoms with E-state index in [0.29, 0.717) is 4.90 Å². The number of nitrogens with one attached hydrogen (secondary N) is 1. The first kappa shape index (κ1) is 15.9. The molecule has 0 saturated heterocycles. The summed E-state index contributed by atoms with van der Waals surface area (Å²) in [5.41, 5.74) is 1.05. The third-order valence-corrected chi connectivity index (χ3v) is 4.85. The molecule has 0 fully saturated rings. The summed E-state index contributed by atoms with van der Waals surface area (Å²) >= 11 is 0. The molecule has 2 unspecified atom stereocenters. The van der Waals surface area contributed by atoms with Gasteiger partial charge in [0.1, 0.15) is 0 Å². The highest BCUT2D eigenvalue weighted by atomic mass is 32.2. The Labute approximate surface area is 116 Å². The van der Waals surface area contributed by atoms with Crippen LogP contribution in [0.4, 0.5) is 0 Å². The third-order valence-electron chi connectivity index (χ3n) is 3.03. The summed E-state index contributed by atoms with van der Waals surface area (Å²) in [5, 5.41) is 3.35. The van der Waals surface area contributed by atoms with Crippen molar-refractivity contribution >= 4 is 10.0 Å². The predicted molar refractivity (Wildman–Crippen MR) is 78.5 cm³/mol. The number of sulfonamides is 1. The van der Waals surface area contributed by atoms with Gasteiger partial charge in [-0.1, -0.05) is 18.2 Å². The van der Waals surface area contributed by atoms with Crippen LogP contribution in [0.15, 0.2) is 41.8 Å². The lowest BCUT2D eigenvalue weighted by atomic mass is 10.1. The van der Waals surface area contributed by atoms with E-state index in [0.717, 1.165) is 5.56 Å². The molecule has 1 N–H and O–H groups in total. The summed E-state index contributed by atoms with van der Waals surface area (Å²) in [5.74, 6) is 0. The van der Waals surface area contributed by atoms with Crippen molar-refractivity contribution in [1.29, 1.82) is 0 Å². The van der Waals surface area contributed by atoms with E-state index in [-0.39, 0.29) is 12.1 Å². The van der Waals surface area contributed by atoms with Crippen molar-refractivity contribution in [2.45, 2.75) is 30.8 Å². The zero-order chi connectivity index (χ0) is 14.6. The Morgan fingerprint density at radius 1 is 1.21 bits per heavy atom. The summed E-state index contributed by atoms with van der Waals surface area (Å²) in [6.07, 6.45) is 1.83. The first-order valence-electron chi connectivity index (χ1n) is 6.20. The van der Waals surface area contributed by atoms with Gasteiger partial charge in [0.15, 0.2) is 0 Å². The molecule has 106 valence electrons. The maximum absolute atomic E-state index is 11.9. The van der Waals surface area contributed by atoms with Gasteiger partial charge in [-0.15, -0.1) is 6.58 Å². The topological polar surface area (TPSA) is 49.4 Å². The summed E-state index contributed by atoms with van der Waals surface area (Å²) in [7, 11) is -0.296. The maximum Gasteiger partial charge on any atom is 0.242 e. The number of hydrogen-bond donors (Lipinski definition) is 1. The van der Waals surface area contributed by atoms with Gasteiger partial charge in [-0.2, -0.15) is 0 Å². The second-order valence-electron chi connectivity index (χ2n) is 4.77. The molecule has 0 aliphatic rings. The molecular weight excluding hydrogens is 260 g/mol. The molecule has 1 aromatic rings. The van der Waals surface area contributed by atoms with E-state index in [1.807, 2.05) is 32.1 Å². The van der Waals surface area contributed by atoms with Crippen molar-refractivity contribution in [3.05, 3.63) is 42.5 Å². The fourth-order valence-corrected chi connectivity index (χ4v) is 2.60. The molecule has 0 aliphatic heterocycles. The molecule has 1 aromatic carbocycles. The van der Waals surface area contributed by atoms with Gasteiger partial charge in [0.25, 0.3) is 0 Å². The van der Waals surface area contributed by atoms with Gasteiger partial charge in [0, 0.05) is 26.2 Å².